The maximum Gasteiger partial charge on any atom is 0.0300 e. The first kappa shape index (κ1) is 12.3. The predicted octanol–water partition coefficient (Wildman–Crippen LogP) is 4.00. The van der Waals surface area contributed by atoms with Gasteiger partial charge in [0.05, 0.1) is 0 Å². The van der Waals surface area contributed by atoms with E-state index >= 15 is 0 Å². The number of rotatable bonds is 4. The standard InChI is InChI=1S/C15H19NS/c1-11-3-4-12(2)14(9-11)15(16)6-5-13-7-8-17-10-13/h3-4,7-10,15H,5-6,16H2,1-2H3. The fourth-order valence-corrected chi connectivity index (χ4v) is 2.78. The van der Waals surface area contributed by atoms with Crippen LogP contribution in [0.3, 0.4) is 0 Å². The Balaban J connectivity index is 2.04. The van der Waals surface area contributed by atoms with Crippen LogP contribution in [0.2, 0.25) is 0 Å². The molecule has 0 spiro atoms. The Morgan fingerprint density at radius 1 is 1.24 bits per heavy atom. The van der Waals surface area contributed by atoms with E-state index < -0.39 is 0 Å². The number of benzene rings is 1. The van der Waals surface area contributed by atoms with Crippen molar-refractivity contribution in [3.05, 3.63) is 57.3 Å². The lowest BCUT2D eigenvalue weighted by Gasteiger charge is -2.15. The normalized spacial score (nSPS) is 12.6. The Bertz CT molecular complexity index is 474. The Hall–Kier alpha value is -1.12. The van der Waals surface area contributed by atoms with E-state index in [2.05, 4.69) is 48.9 Å². The minimum atomic E-state index is 0.148. The van der Waals surface area contributed by atoms with Crippen LogP contribution in [-0.2, 0) is 6.42 Å². The largest absolute Gasteiger partial charge is 0.324 e. The van der Waals surface area contributed by atoms with Crippen molar-refractivity contribution in [3.8, 4) is 0 Å². The third kappa shape index (κ3) is 3.18. The zero-order valence-corrected chi connectivity index (χ0v) is 11.3. The van der Waals surface area contributed by atoms with Gasteiger partial charge in [0, 0.05) is 6.04 Å². The van der Waals surface area contributed by atoms with E-state index in [-0.39, 0.29) is 6.04 Å². The van der Waals surface area contributed by atoms with Crippen LogP contribution in [-0.4, -0.2) is 0 Å². The lowest BCUT2D eigenvalue weighted by molar-refractivity contribution is 0.648. The fraction of sp³-hybridized carbons (Fsp3) is 0.333. The first-order chi connectivity index (χ1) is 8.16. The number of hydrogen-bond acceptors (Lipinski definition) is 2. The number of nitrogens with two attached hydrogens (primary N) is 1. The van der Waals surface area contributed by atoms with Gasteiger partial charge in [0.2, 0.25) is 0 Å². The van der Waals surface area contributed by atoms with Crippen LogP contribution in [0.25, 0.3) is 0 Å². The van der Waals surface area contributed by atoms with Crippen molar-refractivity contribution in [3.63, 3.8) is 0 Å². The highest BCUT2D eigenvalue weighted by Gasteiger charge is 2.09. The van der Waals surface area contributed by atoms with Gasteiger partial charge >= 0.3 is 0 Å². The highest BCUT2D eigenvalue weighted by molar-refractivity contribution is 7.07. The molecule has 2 aromatic rings. The van der Waals surface area contributed by atoms with Crippen LogP contribution < -0.4 is 5.73 Å². The molecule has 0 aliphatic rings. The Labute approximate surface area is 107 Å². The van der Waals surface area contributed by atoms with E-state index in [1.54, 1.807) is 11.3 Å². The minimum Gasteiger partial charge on any atom is -0.324 e. The zero-order chi connectivity index (χ0) is 12.3. The van der Waals surface area contributed by atoms with Crippen molar-refractivity contribution in [1.82, 2.24) is 0 Å². The Kier molecular flexibility index (Phi) is 3.97. The molecule has 0 aliphatic carbocycles. The van der Waals surface area contributed by atoms with Crippen molar-refractivity contribution in [1.29, 1.82) is 0 Å². The topological polar surface area (TPSA) is 26.0 Å². The number of hydrogen-bond donors (Lipinski definition) is 1. The molecule has 2 N–H and O–H groups in total. The third-order valence-corrected chi connectivity index (χ3v) is 3.89. The van der Waals surface area contributed by atoms with Crippen molar-refractivity contribution < 1.29 is 0 Å². The smallest absolute Gasteiger partial charge is 0.0300 e. The van der Waals surface area contributed by atoms with Gasteiger partial charge in [-0.05, 0) is 60.2 Å². The molecule has 0 radical (unpaired) electrons. The van der Waals surface area contributed by atoms with Crippen molar-refractivity contribution in [2.75, 3.05) is 0 Å². The van der Waals surface area contributed by atoms with Crippen LogP contribution in [0.15, 0.2) is 35.0 Å². The summed E-state index contributed by atoms with van der Waals surface area (Å²) in [5, 5.41) is 4.33. The molecule has 1 nitrogen and oxygen atoms in total. The second-order valence-electron chi connectivity index (χ2n) is 4.64. The first-order valence-electron chi connectivity index (χ1n) is 6.00. The molecular formula is C15H19NS. The molecule has 1 aromatic heterocycles. The molecule has 2 heteroatoms. The number of aryl methyl sites for hydroxylation is 3. The molecule has 90 valence electrons. The molecule has 2 rings (SSSR count). The summed E-state index contributed by atoms with van der Waals surface area (Å²) in [6.07, 6.45) is 2.08. The van der Waals surface area contributed by atoms with E-state index in [0.29, 0.717) is 0 Å². The van der Waals surface area contributed by atoms with Crippen LogP contribution in [0, 0.1) is 13.8 Å². The Morgan fingerprint density at radius 2 is 2.06 bits per heavy atom. The molecule has 0 saturated carbocycles. The molecule has 0 fully saturated rings. The minimum absolute atomic E-state index is 0.148. The van der Waals surface area contributed by atoms with E-state index in [1.165, 1.54) is 22.3 Å². The van der Waals surface area contributed by atoms with Gasteiger partial charge in [-0.2, -0.15) is 11.3 Å². The van der Waals surface area contributed by atoms with E-state index in [0.717, 1.165) is 12.8 Å². The zero-order valence-electron chi connectivity index (χ0n) is 10.4. The molecule has 0 saturated heterocycles. The maximum absolute atomic E-state index is 6.28. The van der Waals surface area contributed by atoms with Gasteiger partial charge in [-0.3, -0.25) is 0 Å². The van der Waals surface area contributed by atoms with Gasteiger partial charge in [-0.15, -0.1) is 0 Å². The van der Waals surface area contributed by atoms with E-state index in [4.69, 9.17) is 5.73 Å². The quantitative estimate of drug-likeness (QED) is 0.865. The summed E-state index contributed by atoms with van der Waals surface area (Å²) in [6.45, 7) is 4.26. The average molecular weight is 245 g/mol. The second-order valence-corrected chi connectivity index (χ2v) is 5.42. The van der Waals surface area contributed by atoms with Crippen LogP contribution in [0.5, 0.6) is 0 Å². The summed E-state index contributed by atoms with van der Waals surface area (Å²) >= 11 is 1.75. The molecule has 0 bridgehead atoms. The lowest BCUT2D eigenvalue weighted by Crippen LogP contribution is -2.12. The van der Waals surface area contributed by atoms with E-state index in [1.807, 2.05) is 0 Å². The van der Waals surface area contributed by atoms with Crippen molar-refractivity contribution in [2.45, 2.75) is 32.7 Å². The highest BCUT2D eigenvalue weighted by atomic mass is 32.1. The van der Waals surface area contributed by atoms with Gasteiger partial charge in [0.15, 0.2) is 0 Å². The maximum atomic E-state index is 6.28. The van der Waals surface area contributed by atoms with Gasteiger partial charge in [0.25, 0.3) is 0 Å². The molecule has 0 aliphatic heterocycles. The summed E-state index contributed by atoms with van der Waals surface area (Å²) in [4.78, 5) is 0. The van der Waals surface area contributed by atoms with Crippen LogP contribution in [0.1, 0.15) is 34.7 Å². The molecule has 17 heavy (non-hydrogen) atoms. The predicted molar refractivity (Wildman–Crippen MR) is 75.5 cm³/mol. The van der Waals surface area contributed by atoms with Crippen molar-refractivity contribution in [2.24, 2.45) is 5.73 Å². The summed E-state index contributed by atoms with van der Waals surface area (Å²) in [5.41, 5.74) is 11.6. The molecule has 1 unspecified atom stereocenters. The second kappa shape index (κ2) is 5.48. The molecule has 0 amide bonds. The summed E-state index contributed by atoms with van der Waals surface area (Å²) in [5.74, 6) is 0. The summed E-state index contributed by atoms with van der Waals surface area (Å²) in [6, 6.07) is 8.85. The third-order valence-electron chi connectivity index (χ3n) is 3.16. The van der Waals surface area contributed by atoms with Gasteiger partial charge in [0.1, 0.15) is 0 Å². The monoisotopic (exact) mass is 245 g/mol. The Morgan fingerprint density at radius 3 is 2.76 bits per heavy atom. The first-order valence-corrected chi connectivity index (χ1v) is 6.95. The van der Waals surface area contributed by atoms with Gasteiger partial charge < -0.3 is 5.73 Å². The molecule has 1 aromatic carbocycles. The summed E-state index contributed by atoms with van der Waals surface area (Å²) < 4.78 is 0. The van der Waals surface area contributed by atoms with Gasteiger partial charge in [-0.25, -0.2) is 0 Å². The molecular weight excluding hydrogens is 226 g/mol. The number of thiophene rings is 1. The fourth-order valence-electron chi connectivity index (χ4n) is 2.07. The van der Waals surface area contributed by atoms with E-state index in [9.17, 15) is 0 Å². The summed E-state index contributed by atoms with van der Waals surface area (Å²) in [7, 11) is 0. The van der Waals surface area contributed by atoms with Crippen LogP contribution >= 0.6 is 11.3 Å². The average Bonchev–Trinajstić information content (AvgIpc) is 2.82. The van der Waals surface area contributed by atoms with Crippen LogP contribution in [0.4, 0.5) is 0 Å². The lowest BCUT2D eigenvalue weighted by atomic mass is 9.95. The molecule has 1 atom stereocenters. The van der Waals surface area contributed by atoms with Gasteiger partial charge in [-0.1, -0.05) is 23.8 Å². The molecule has 1 heterocycles. The highest BCUT2D eigenvalue weighted by Crippen LogP contribution is 2.22. The SMILES string of the molecule is Cc1ccc(C)c(C(N)CCc2ccsc2)c1. The van der Waals surface area contributed by atoms with Crippen molar-refractivity contribution >= 4 is 11.3 Å².